The molecule has 0 spiro atoms. The third-order valence-corrected chi connectivity index (χ3v) is 5.71. The molecule has 0 saturated heterocycles. The summed E-state index contributed by atoms with van der Waals surface area (Å²) in [5, 5.41) is 2.48. The van der Waals surface area contributed by atoms with E-state index in [0.717, 1.165) is 5.56 Å². The monoisotopic (exact) mass is 378 g/mol. The molecule has 0 aliphatic carbocycles. The van der Waals surface area contributed by atoms with Crippen molar-refractivity contribution in [1.82, 2.24) is 9.62 Å². The molecule has 2 aromatic rings. The number of hydrogen-bond acceptors (Lipinski definition) is 5. The Morgan fingerprint density at radius 1 is 1.08 bits per heavy atom. The third-order valence-electron chi connectivity index (χ3n) is 3.92. The van der Waals surface area contributed by atoms with Gasteiger partial charge in [-0.2, -0.15) is 4.31 Å². The van der Waals surface area contributed by atoms with Gasteiger partial charge in [-0.05, 0) is 35.9 Å². The van der Waals surface area contributed by atoms with Gasteiger partial charge in [0.1, 0.15) is 11.5 Å². The van der Waals surface area contributed by atoms with Crippen LogP contribution >= 0.6 is 0 Å². The zero-order valence-corrected chi connectivity index (χ0v) is 16.0. The Labute approximate surface area is 153 Å². The van der Waals surface area contributed by atoms with E-state index in [0.29, 0.717) is 11.5 Å². The van der Waals surface area contributed by atoms with Crippen LogP contribution in [0.1, 0.15) is 15.9 Å². The Morgan fingerprint density at radius 3 is 2.27 bits per heavy atom. The number of carbonyl (C=O) groups excluding carboxylic acids is 1. The van der Waals surface area contributed by atoms with Crippen LogP contribution in [0.25, 0.3) is 0 Å². The van der Waals surface area contributed by atoms with Crippen molar-refractivity contribution in [2.45, 2.75) is 11.4 Å². The number of ether oxygens (including phenoxy) is 2. The van der Waals surface area contributed by atoms with Crippen LogP contribution in [0.4, 0.5) is 0 Å². The molecule has 140 valence electrons. The van der Waals surface area contributed by atoms with Crippen LogP contribution in [-0.4, -0.2) is 46.9 Å². The Bertz CT molecular complexity index is 879. The van der Waals surface area contributed by atoms with Crippen LogP contribution in [0.3, 0.4) is 0 Å². The summed E-state index contributed by atoms with van der Waals surface area (Å²) in [5.74, 6) is 0.586. The second-order valence-electron chi connectivity index (χ2n) is 5.55. The maximum atomic E-state index is 12.9. The first kappa shape index (κ1) is 19.7. The standard InChI is InChI=1S/C18H22N2O5S/c1-19-18(21)16-11-15(9-10-17(16)25-4)26(22,23)20(2)12-13-5-7-14(24-3)8-6-13/h5-11H,12H2,1-4H3,(H,19,21). The van der Waals surface area contributed by atoms with Gasteiger partial charge in [-0.1, -0.05) is 12.1 Å². The molecule has 0 unspecified atom stereocenters. The third kappa shape index (κ3) is 4.14. The molecule has 0 aromatic heterocycles. The molecule has 26 heavy (non-hydrogen) atoms. The molecule has 8 heteroatoms. The lowest BCUT2D eigenvalue weighted by Gasteiger charge is -2.18. The number of nitrogens with zero attached hydrogens (tertiary/aromatic N) is 1. The van der Waals surface area contributed by atoms with Crippen molar-refractivity contribution in [3.8, 4) is 11.5 Å². The predicted molar refractivity (Wildman–Crippen MR) is 98.0 cm³/mol. The summed E-state index contributed by atoms with van der Waals surface area (Å²) >= 11 is 0. The number of methoxy groups -OCH3 is 2. The van der Waals surface area contributed by atoms with Gasteiger partial charge < -0.3 is 14.8 Å². The zero-order valence-electron chi connectivity index (χ0n) is 15.1. The van der Waals surface area contributed by atoms with Gasteiger partial charge in [0.2, 0.25) is 10.0 Å². The average molecular weight is 378 g/mol. The Kier molecular flexibility index (Phi) is 6.23. The number of amides is 1. The minimum atomic E-state index is -3.78. The molecule has 0 radical (unpaired) electrons. The predicted octanol–water partition coefficient (Wildman–Crippen LogP) is 1.88. The second kappa shape index (κ2) is 8.20. The molecular weight excluding hydrogens is 356 g/mol. The Hall–Kier alpha value is -2.58. The molecule has 2 rings (SSSR count). The van der Waals surface area contributed by atoms with Crippen molar-refractivity contribution in [3.63, 3.8) is 0 Å². The lowest BCUT2D eigenvalue weighted by atomic mass is 10.2. The van der Waals surface area contributed by atoms with E-state index in [4.69, 9.17) is 9.47 Å². The van der Waals surface area contributed by atoms with Crippen LogP contribution < -0.4 is 14.8 Å². The van der Waals surface area contributed by atoms with Crippen molar-refractivity contribution in [2.75, 3.05) is 28.3 Å². The first-order valence-electron chi connectivity index (χ1n) is 7.83. The van der Waals surface area contributed by atoms with Crippen molar-refractivity contribution >= 4 is 15.9 Å². The first-order valence-corrected chi connectivity index (χ1v) is 9.27. The topological polar surface area (TPSA) is 84.9 Å². The molecule has 0 heterocycles. The summed E-state index contributed by atoms with van der Waals surface area (Å²) in [5.41, 5.74) is 0.978. The molecule has 2 aromatic carbocycles. The highest BCUT2D eigenvalue weighted by Crippen LogP contribution is 2.25. The van der Waals surface area contributed by atoms with E-state index in [-0.39, 0.29) is 17.0 Å². The van der Waals surface area contributed by atoms with Crippen LogP contribution in [0.15, 0.2) is 47.4 Å². The van der Waals surface area contributed by atoms with E-state index < -0.39 is 15.9 Å². The number of rotatable bonds is 7. The normalized spacial score (nSPS) is 11.3. The summed E-state index contributed by atoms with van der Waals surface area (Å²) in [6.45, 7) is 0.188. The molecule has 0 bridgehead atoms. The van der Waals surface area contributed by atoms with E-state index in [9.17, 15) is 13.2 Å². The van der Waals surface area contributed by atoms with Crippen molar-refractivity contribution in [3.05, 3.63) is 53.6 Å². The van der Waals surface area contributed by atoms with Crippen LogP contribution in [0.2, 0.25) is 0 Å². The van der Waals surface area contributed by atoms with E-state index in [1.165, 1.54) is 43.7 Å². The zero-order chi connectivity index (χ0) is 19.3. The summed E-state index contributed by atoms with van der Waals surface area (Å²) in [6, 6.07) is 11.4. The molecule has 1 amide bonds. The van der Waals surface area contributed by atoms with Gasteiger partial charge in [-0.15, -0.1) is 0 Å². The SMILES string of the molecule is CNC(=O)c1cc(S(=O)(=O)N(C)Cc2ccc(OC)cc2)ccc1OC. The molecule has 0 aliphatic heterocycles. The number of nitrogens with one attached hydrogen (secondary N) is 1. The van der Waals surface area contributed by atoms with Gasteiger partial charge in [0.25, 0.3) is 5.91 Å². The largest absolute Gasteiger partial charge is 0.497 e. The molecular formula is C18H22N2O5S. The van der Waals surface area contributed by atoms with E-state index in [1.807, 2.05) is 0 Å². The van der Waals surface area contributed by atoms with E-state index in [2.05, 4.69) is 5.32 Å². The maximum absolute atomic E-state index is 12.9. The van der Waals surface area contributed by atoms with Gasteiger partial charge in [0, 0.05) is 20.6 Å². The van der Waals surface area contributed by atoms with Gasteiger partial charge in [-0.25, -0.2) is 8.42 Å². The lowest BCUT2D eigenvalue weighted by molar-refractivity contribution is 0.0960. The fourth-order valence-electron chi connectivity index (χ4n) is 2.41. The second-order valence-corrected chi connectivity index (χ2v) is 7.60. The smallest absolute Gasteiger partial charge is 0.254 e. The number of sulfonamides is 1. The summed E-state index contributed by atoms with van der Waals surface area (Å²) in [7, 11) is 2.18. The number of hydrogen-bond donors (Lipinski definition) is 1. The van der Waals surface area contributed by atoms with Crippen LogP contribution in [0.5, 0.6) is 11.5 Å². The van der Waals surface area contributed by atoms with Crippen LogP contribution in [0, 0.1) is 0 Å². The average Bonchev–Trinajstić information content (AvgIpc) is 2.67. The lowest BCUT2D eigenvalue weighted by Crippen LogP contribution is -2.27. The van der Waals surface area contributed by atoms with E-state index >= 15 is 0 Å². The maximum Gasteiger partial charge on any atom is 0.254 e. The van der Waals surface area contributed by atoms with Crippen molar-refractivity contribution in [2.24, 2.45) is 0 Å². The fourth-order valence-corrected chi connectivity index (χ4v) is 3.60. The minimum Gasteiger partial charge on any atom is -0.497 e. The molecule has 0 saturated carbocycles. The van der Waals surface area contributed by atoms with Crippen molar-refractivity contribution in [1.29, 1.82) is 0 Å². The molecule has 0 atom stereocenters. The molecule has 0 aliphatic rings. The Morgan fingerprint density at radius 2 is 1.73 bits per heavy atom. The van der Waals surface area contributed by atoms with Gasteiger partial charge in [0.15, 0.2) is 0 Å². The highest BCUT2D eigenvalue weighted by Gasteiger charge is 2.23. The minimum absolute atomic E-state index is 0.0212. The summed E-state index contributed by atoms with van der Waals surface area (Å²) < 4.78 is 37.2. The first-order chi connectivity index (χ1) is 12.3. The molecule has 1 N–H and O–H groups in total. The van der Waals surface area contributed by atoms with Crippen LogP contribution in [-0.2, 0) is 16.6 Å². The number of carbonyl (C=O) groups is 1. The Balaban J connectivity index is 2.31. The molecule has 0 fully saturated rings. The van der Waals surface area contributed by atoms with Gasteiger partial charge >= 0.3 is 0 Å². The summed E-state index contributed by atoms with van der Waals surface area (Å²) in [4.78, 5) is 12.0. The van der Waals surface area contributed by atoms with Crippen molar-refractivity contribution < 1.29 is 22.7 Å². The summed E-state index contributed by atoms with van der Waals surface area (Å²) in [6.07, 6.45) is 0. The highest BCUT2D eigenvalue weighted by atomic mass is 32.2. The quantitative estimate of drug-likeness (QED) is 0.795. The fraction of sp³-hybridized carbons (Fsp3) is 0.278. The molecule has 7 nitrogen and oxygen atoms in total. The number of benzene rings is 2. The highest BCUT2D eigenvalue weighted by molar-refractivity contribution is 7.89. The van der Waals surface area contributed by atoms with Gasteiger partial charge in [0.05, 0.1) is 24.7 Å². The van der Waals surface area contributed by atoms with Gasteiger partial charge in [-0.3, -0.25) is 4.79 Å². The van der Waals surface area contributed by atoms with E-state index in [1.54, 1.807) is 31.4 Å².